The van der Waals surface area contributed by atoms with Crippen LogP contribution in [-0.2, 0) is 0 Å². The molecular formula is C25H18BrN3O3. The molecule has 0 bridgehead atoms. The van der Waals surface area contributed by atoms with Crippen molar-refractivity contribution in [2.24, 2.45) is 5.10 Å². The standard InChI is InChI=1S/C25H18BrN3O3/c26-23-9-2-1-8-22(23)25(31)32-21-7-5-6-18(16-21)17-27-28-24(30)19-10-12-20(13-11-19)29-14-3-4-15-29/h1-17H,(H,28,30)/b27-17+. The number of aromatic nitrogens is 1. The largest absolute Gasteiger partial charge is 0.423 e. The van der Waals surface area contributed by atoms with Crippen LogP contribution in [0.1, 0.15) is 26.3 Å². The molecule has 32 heavy (non-hydrogen) atoms. The van der Waals surface area contributed by atoms with E-state index in [4.69, 9.17) is 4.74 Å². The van der Waals surface area contributed by atoms with Gasteiger partial charge < -0.3 is 9.30 Å². The van der Waals surface area contributed by atoms with E-state index < -0.39 is 5.97 Å². The number of carbonyl (C=O) groups excluding carboxylic acids is 2. The van der Waals surface area contributed by atoms with E-state index in [0.717, 1.165) is 5.69 Å². The van der Waals surface area contributed by atoms with Crippen LogP contribution >= 0.6 is 15.9 Å². The SMILES string of the molecule is O=C(N/N=C/c1cccc(OC(=O)c2ccccc2Br)c1)c1ccc(-n2cccc2)cc1. The van der Waals surface area contributed by atoms with Crippen molar-refractivity contribution < 1.29 is 14.3 Å². The van der Waals surface area contributed by atoms with Gasteiger partial charge >= 0.3 is 5.97 Å². The lowest BCUT2D eigenvalue weighted by atomic mass is 10.2. The van der Waals surface area contributed by atoms with Gasteiger partial charge in [-0.15, -0.1) is 0 Å². The molecule has 6 nitrogen and oxygen atoms in total. The molecule has 0 aliphatic rings. The quantitative estimate of drug-likeness (QED) is 0.175. The Kier molecular flexibility index (Phi) is 6.57. The van der Waals surface area contributed by atoms with E-state index in [1.54, 1.807) is 54.6 Å². The summed E-state index contributed by atoms with van der Waals surface area (Å²) in [6.07, 6.45) is 5.36. The molecule has 1 heterocycles. The van der Waals surface area contributed by atoms with Crippen molar-refractivity contribution in [3.05, 3.63) is 118 Å². The smallest absolute Gasteiger partial charge is 0.344 e. The van der Waals surface area contributed by atoms with Gasteiger partial charge in [0, 0.05) is 28.1 Å². The first-order chi connectivity index (χ1) is 15.6. The molecule has 1 amide bonds. The molecule has 0 radical (unpaired) electrons. The van der Waals surface area contributed by atoms with Crippen LogP contribution in [0.25, 0.3) is 5.69 Å². The summed E-state index contributed by atoms with van der Waals surface area (Å²) in [5, 5.41) is 4.01. The molecule has 0 aliphatic carbocycles. The van der Waals surface area contributed by atoms with Crippen molar-refractivity contribution in [1.29, 1.82) is 0 Å². The summed E-state index contributed by atoms with van der Waals surface area (Å²) in [6, 6.07) is 25.0. The van der Waals surface area contributed by atoms with Gasteiger partial charge in [0.2, 0.25) is 0 Å². The van der Waals surface area contributed by atoms with Gasteiger partial charge in [0.05, 0.1) is 11.8 Å². The summed E-state index contributed by atoms with van der Waals surface area (Å²) >= 11 is 3.34. The number of esters is 1. The Hall–Kier alpha value is -3.97. The zero-order valence-corrected chi connectivity index (χ0v) is 18.4. The van der Waals surface area contributed by atoms with Crippen LogP contribution in [0.15, 0.2) is 107 Å². The topological polar surface area (TPSA) is 72.7 Å². The van der Waals surface area contributed by atoms with Crippen LogP contribution < -0.4 is 10.2 Å². The maximum Gasteiger partial charge on any atom is 0.344 e. The van der Waals surface area contributed by atoms with Crippen LogP contribution in [0.4, 0.5) is 0 Å². The third kappa shape index (κ3) is 5.19. The van der Waals surface area contributed by atoms with E-state index in [9.17, 15) is 9.59 Å². The highest BCUT2D eigenvalue weighted by Gasteiger charge is 2.12. The van der Waals surface area contributed by atoms with E-state index in [-0.39, 0.29) is 5.91 Å². The predicted molar refractivity (Wildman–Crippen MR) is 126 cm³/mol. The Morgan fingerprint density at radius 2 is 1.66 bits per heavy atom. The number of carbonyl (C=O) groups is 2. The van der Waals surface area contributed by atoms with Crippen molar-refractivity contribution in [1.82, 2.24) is 9.99 Å². The third-order valence-electron chi connectivity index (χ3n) is 4.57. The minimum Gasteiger partial charge on any atom is -0.423 e. The Labute approximate surface area is 193 Å². The van der Waals surface area contributed by atoms with Gasteiger partial charge in [0.15, 0.2) is 0 Å². The summed E-state index contributed by atoms with van der Waals surface area (Å²) in [6.45, 7) is 0. The van der Waals surface area contributed by atoms with Crippen molar-refractivity contribution >= 4 is 34.0 Å². The van der Waals surface area contributed by atoms with Gasteiger partial charge in [0.25, 0.3) is 5.91 Å². The number of hydrogen-bond donors (Lipinski definition) is 1. The molecule has 4 aromatic rings. The Bertz CT molecular complexity index is 1270. The summed E-state index contributed by atoms with van der Waals surface area (Å²) in [4.78, 5) is 24.7. The maximum absolute atomic E-state index is 12.4. The van der Waals surface area contributed by atoms with E-state index in [1.165, 1.54) is 6.21 Å². The second kappa shape index (κ2) is 9.89. The second-order valence-corrected chi connectivity index (χ2v) is 7.63. The fourth-order valence-electron chi connectivity index (χ4n) is 2.97. The van der Waals surface area contributed by atoms with Crippen LogP contribution in [-0.4, -0.2) is 22.7 Å². The molecule has 7 heteroatoms. The zero-order chi connectivity index (χ0) is 22.3. The Morgan fingerprint density at radius 3 is 2.41 bits per heavy atom. The molecule has 1 aromatic heterocycles. The summed E-state index contributed by atoms with van der Waals surface area (Å²) in [5.74, 6) is -0.415. The van der Waals surface area contributed by atoms with E-state index in [1.807, 2.05) is 47.3 Å². The summed E-state index contributed by atoms with van der Waals surface area (Å²) in [7, 11) is 0. The molecule has 0 saturated carbocycles. The van der Waals surface area contributed by atoms with Crippen molar-refractivity contribution in [3.63, 3.8) is 0 Å². The second-order valence-electron chi connectivity index (χ2n) is 6.78. The fraction of sp³-hybridized carbons (Fsp3) is 0. The number of ether oxygens (including phenoxy) is 1. The van der Waals surface area contributed by atoms with Gasteiger partial charge in [0.1, 0.15) is 5.75 Å². The average Bonchev–Trinajstić information content (AvgIpc) is 3.35. The average molecular weight is 488 g/mol. The number of amides is 1. The van der Waals surface area contributed by atoms with E-state index in [0.29, 0.717) is 26.9 Å². The minimum absolute atomic E-state index is 0.322. The molecule has 158 valence electrons. The van der Waals surface area contributed by atoms with E-state index >= 15 is 0 Å². The Balaban J connectivity index is 1.37. The van der Waals surface area contributed by atoms with Crippen LogP contribution in [0.2, 0.25) is 0 Å². The van der Waals surface area contributed by atoms with Gasteiger partial charge in [-0.05, 0) is 82.2 Å². The number of benzene rings is 3. The molecular weight excluding hydrogens is 470 g/mol. The molecule has 0 fully saturated rings. The lowest BCUT2D eigenvalue weighted by Crippen LogP contribution is -2.17. The van der Waals surface area contributed by atoms with Crippen LogP contribution in [0.5, 0.6) is 5.75 Å². The first kappa shape index (κ1) is 21.3. The first-order valence-corrected chi connectivity index (χ1v) is 10.5. The predicted octanol–water partition coefficient (Wildman–Crippen LogP) is 5.22. The van der Waals surface area contributed by atoms with Crippen LogP contribution in [0, 0.1) is 0 Å². The highest BCUT2D eigenvalue weighted by atomic mass is 79.9. The van der Waals surface area contributed by atoms with Gasteiger partial charge in [-0.1, -0.05) is 24.3 Å². The van der Waals surface area contributed by atoms with Gasteiger partial charge in [-0.25, -0.2) is 10.2 Å². The maximum atomic E-state index is 12.4. The fourth-order valence-corrected chi connectivity index (χ4v) is 3.42. The highest BCUT2D eigenvalue weighted by molar-refractivity contribution is 9.10. The molecule has 3 aromatic carbocycles. The van der Waals surface area contributed by atoms with Gasteiger partial charge in [-0.2, -0.15) is 5.10 Å². The third-order valence-corrected chi connectivity index (χ3v) is 5.27. The van der Waals surface area contributed by atoms with Crippen LogP contribution in [0.3, 0.4) is 0 Å². The van der Waals surface area contributed by atoms with E-state index in [2.05, 4.69) is 26.5 Å². The molecule has 0 unspecified atom stereocenters. The lowest BCUT2D eigenvalue weighted by molar-refractivity contribution is 0.0733. The molecule has 0 spiro atoms. The molecule has 4 rings (SSSR count). The van der Waals surface area contributed by atoms with Crippen molar-refractivity contribution in [2.75, 3.05) is 0 Å². The van der Waals surface area contributed by atoms with Gasteiger partial charge in [-0.3, -0.25) is 4.79 Å². The summed E-state index contributed by atoms with van der Waals surface area (Å²) in [5.41, 5.74) is 5.07. The molecule has 1 N–H and O–H groups in total. The lowest BCUT2D eigenvalue weighted by Gasteiger charge is -2.06. The number of hydrogen-bond acceptors (Lipinski definition) is 4. The number of nitrogens with one attached hydrogen (secondary N) is 1. The molecule has 0 saturated heterocycles. The number of nitrogens with zero attached hydrogens (tertiary/aromatic N) is 2. The monoisotopic (exact) mass is 487 g/mol. The zero-order valence-electron chi connectivity index (χ0n) is 16.8. The minimum atomic E-state index is -0.469. The molecule has 0 atom stereocenters. The van der Waals surface area contributed by atoms with Crippen molar-refractivity contribution in [2.45, 2.75) is 0 Å². The number of hydrazone groups is 1. The first-order valence-electron chi connectivity index (χ1n) is 9.74. The molecule has 0 aliphatic heterocycles. The normalized spacial score (nSPS) is 10.8. The number of rotatable bonds is 6. The Morgan fingerprint density at radius 1 is 0.906 bits per heavy atom. The number of halogens is 1. The van der Waals surface area contributed by atoms with Crippen molar-refractivity contribution in [3.8, 4) is 11.4 Å². The highest BCUT2D eigenvalue weighted by Crippen LogP contribution is 2.19. The summed E-state index contributed by atoms with van der Waals surface area (Å²) < 4.78 is 8.05.